The highest BCUT2D eigenvalue weighted by atomic mass is 35.5. The number of ether oxygens (including phenoxy) is 2. The molecule has 1 aliphatic rings. The molecule has 5 heteroatoms. The van der Waals surface area contributed by atoms with Crippen molar-refractivity contribution in [3.05, 3.63) is 18.0 Å². The Morgan fingerprint density at radius 2 is 2.05 bits per heavy atom. The molecule has 0 spiro atoms. The first-order chi connectivity index (χ1) is 9.80. The minimum Gasteiger partial charge on any atom is -0.493 e. The smallest absolute Gasteiger partial charge is 0.183 e. The standard InChI is InChI=1S/C15H23ClN2O2/c1-19-14-7-9-17-13(15(14)20-2)11-18(10-8-16)12-5-3-4-6-12/h7,9,12H,3-6,8,10-11H2,1-2H3. The summed E-state index contributed by atoms with van der Waals surface area (Å²) in [4.78, 5) is 6.88. The van der Waals surface area contributed by atoms with Crippen LogP contribution >= 0.6 is 11.6 Å². The van der Waals surface area contributed by atoms with Crippen molar-refractivity contribution in [2.75, 3.05) is 26.6 Å². The van der Waals surface area contributed by atoms with E-state index in [1.165, 1.54) is 25.7 Å². The van der Waals surface area contributed by atoms with Crippen molar-refractivity contribution < 1.29 is 9.47 Å². The van der Waals surface area contributed by atoms with Crippen LogP contribution in [0, 0.1) is 0 Å². The third-order valence-electron chi connectivity index (χ3n) is 3.93. The largest absolute Gasteiger partial charge is 0.493 e. The maximum Gasteiger partial charge on any atom is 0.183 e. The van der Waals surface area contributed by atoms with Gasteiger partial charge in [0.2, 0.25) is 0 Å². The molecular formula is C15H23ClN2O2. The van der Waals surface area contributed by atoms with E-state index in [-0.39, 0.29) is 0 Å². The predicted molar refractivity (Wildman–Crippen MR) is 80.7 cm³/mol. The van der Waals surface area contributed by atoms with Crippen LogP contribution in [0.15, 0.2) is 12.3 Å². The molecule has 1 aromatic rings. The molecule has 1 fully saturated rings. The summed E-state index contributed by atoms with van der Waals surface area (Å²) in [6, 6.07) is 2.44. The first-order valence-electron chi connectivity index (χ1n) is 7.16. The molecule has 0 unspecified atom stereocenters. The van der Waals surface area contributed by atoms with Crippen molar-refractivity contribution in [3.8, 4) is 11.5 Å². The fraction of sp³-hybridized carbons (Fsp3) is 0.667. The van der Waals surface area contributed by atoms with E-state index in [2.05, 4.69) is 9.88 Å². The summed E-state index contributed by atoms with van der Waals surface area (Å²) >= 11 is 5.96. The fourth-order valence-electron chi connectivity index (χ4n) is 2.92. The number of pyridine rings is 1. The minimum absolute atomic E-state index is 0.617. The molecule has 0 N–H and O–H groups in total. The van der Waals surface area contributed by atoms with Crippen LogP contribution in [0.3, 0.4) is 0 Å². The second-order valence-electron chi connectivity index (χ2n) is 5.09. The first-order valence-corrected chi connectivity index (χ1v) is 7.69. The number of nitrogens with zero attached hydrogens (tertiary/aromatic N) is 2. The van der Waals surface area contributed by atoms with Crippen molar-refractivity contribution in [1.82, 2.24) is 9.88 Å². The third kappa shape index (κ3) is 3.55. The quantitative estimate of drug-likeness (QED) is 0.725. The Labute approximate surface area is 126 Å². The highest BCUT2D eigenvalue weighted by Crippen LogP contribution is 2.31. The van der Waals surface area contributed by atoms with Gasteiger partial charge in [0.1, 0.15) is 5.69 Å². The van der Waals surface area contributed by atoms with Gasteiger partial charge in [-0.05, 0) is 12.8 Å². The zero-order valence-electron chi connectivity index (χ0n) is 12.3. The lowest BCUT2D eigenvalue weighted by Gasteiger charge is -2.28. The Hall–Kier alpha value is -1.00. The van der Waals surface area contributed by atoms with Crippen LogP contribution in [0.25, 0.3) is 0 Å². The van der Waals surface area contributed by atoms with Crippen LogP contribution in [-0.2, 0) is 6.54 Å². The number of halogens is 1. The summed E-state index contributed by atoms with van der Waals surface area (Å²) in [6.45, 7) is 1.64. The van der Waals surface area contributed by atoms with Crippen LogP contribution in [0.4, 0.5) is 0 Å². The van der Waals surface area contributed by atoms with Crippen LogP contribution in [0.2, 0.25) is 0 Å². The van der Waals surface area contributed by atoms with E-state index in [0.29, 0.717) is 11.9 Å². The van der Waals surface area contributed by atoms with Gasteiger partial charge in [0, 0.05) is 37.3 Å². The van der Waals surface area contributed by atoms with Gasteiger partial charge in [-0.2, -0.15) is 0 Å². The number of rotatable bonds is 7. The van der Waals surface area contributed by atoms with E-state index in [1.807, 2.05) is 6.07 Å². The van der Waals surface area contributed by atoms with Crippen molar-refractivity contribution in [3.63, 3.8) is 0 Å². The summed E-state index contributed by atoms with van der Waals surface area (Å²) in [5.41, 5.74) is 0.920. The van der Waals surface area contributed by atoms with E-state index in [9.17, 15) is 0 Å². The SMILES string of the molecule is COc1ccnc(CN(CCCl)C2CCCC2)c1OC. The molecule has 1 heterocycles. The average Bonchev–Trinajstić information content (AvgIpc) is 3.00. The molecule has 1 aliphatic carbocycles. The van der Waals surface area contributed by atoms with Gasteiger partial charge >= 0.3 is 0 Å². The van der Waals surface area contributed by atoms with Crippen LogP contribution in [-0.4, -0.2) is 42.6 Å². The van der Waals surface area contributed by atoms with Gasteiger partial charge < -0.3 is 9.47 Å². The normalized spacial score (nSPS) is 15.8. The topological polar surface area (TPSA) is 34.6 Å². The zero-order chi connectivity index (χ0) is 14.4. The monoisotopic (exact) mass is 298 g/mol. The Kier molecular flexibility index (Phi) is 5.92. The molecule has 0 atom stereocenters. The van der Waals surface area contributed by atoms with Gasteiger partial charge in [0.05, 0.1) is 14.2 Å². The van der Waals surface area contributed by atoms with Crippen LogP contribution in [0.5, 0.6) is 11.5 Å². The lowest BCUT2D eigenvalue weighted by molar-refractivity contribution is 0.196. The number of methoxy groups -OCH3 is 2. The molecule has 0 amide bonds. The molecular weight excluding hydrogens is 276 g/mol. The second-order valence-corrected chi connectivity index (χ2v) is 5.47. The molecule has 4 nitrogen and oxygen atoms in total. The summed E-state index contributed by atoms with van der Waals surface area (Å²) in [6.07, 6.45) is 6.90. The van der Waals surface area contributed by atoms with E-state index in [1.54, 1.807) is 20.4 Å². The summed E-state index contributed by atoms with van der Waals surface area (Å²) in [5, 5.41) is 0. The third-order valence-corrected chi connectivity index (χ3v) is 4.10. The number of hydrogen-bond donors (Lipinski definition) is 0. The molecule has 0 aromatic carbocycles. The van der Waals surface area contributed by atoms with Gasteiger partial charge in [-0.25, -0.2) is 0 Å². The maximum atomic E-state index is 5.96. The molecule has 1 aromatic heterocycles. The van der Waals surface area contributed by atoms with E-state index >= 15 is 0 Å². The van der Waals surface area contributed by atoms with E-state index < -0.39 is 0 Å². The summed E-state index contributed by atoms with van der Waals surface area (Å²) in [7, 11) is 3.31. The van der Waals surface area contributed by atoms with E-state index in [4.69, 9.17) is 21.1 Å². The highest BCUT2D eigenvalue weighted by Gasteiger charge is 2.24. The van der Waals surface area contributed by atoms with E-state index in [0.717, 1.165) is 30.3 Å². The van der Waals surface area contributed by atoms with Crippen molar-refractivity contribution >= 4 is 11.6 Å². The molecule has 0 aliphatic heterocycles. The maximum absolute atomic E-state index is 5.96. The zero-order valence-corrected chi connectivity index (χ0v) is 13.0. The van der Waals surface area contributed by atoms with Gasteiger partial charge in [-0.3, -0.25) is 9.88 Å². The Bertz CT molecular complexity index is 422. The van der Waals surface area contributed by atoms with Crippen molar-refractivity contribution in [2.45, 2.75) is 38.3 Å². The highest BCUT2D eigenvalue weighted by molar-refractivity contribution is 6.18. The predicted octanol–water partition coefficient (Wildman–Crippen LogP) is 3.08. The summed E-state index contributed by atoms with van der Waals surface area (Å²) < 4.78 is 10.8. The minimum atomic E-state index is 0.617. The molecule has 0 radical (unpaired) electrons. The lowest BCUT2D eigenvalue weighted by atomic mass is 10.2. The van der Waals surface area contributed by atoms with Gasteiger partial charge in [-0.15, -0.1) is 11.6 Å². The molecule has 112 valence electrons. The fourth-order valence-corrected chi connectivity index (χ4v) is 3.14. The van der Waals surface area contributed by atoms with Gasteiger partial charge in [-0.1, -0.05) is 12.8 Å². The first kappa shape index (κ1) is 15.4. The Balaban J connectivity index is 2.17. The van der Waals surface area contributed by atoms with Gasteiger partial charge in [0.25, 0.3) is 0 Å². The Morgan fingerprint density at radius 1 is 1.30 bits per heavy atom. The lowest BCUT2D eigenvalue weighted by Crippen LogP contribution is -2.34. The van der Waals surface area contributed by atoms with Gasteiger partial charge in [0.15, 0.2) is 11.5 Å². The molecule has 2 rings (SSSR count). The summed E-state index contributed by atoms with van der Waals surface area (Å²) in [5.74, 6) is 2.10. The molecule has 20 heavy (non-hydrogen) atoms. The average molecular weight is 299 g/mol. The molecule has 0 saturated heterocycles. The van der Waals surface area contributed by atoms with Crippen LogP contribution in [0.1, 0.15) is 31.4 Å². The number of alkyl halides is 1. The molecule has 1 saturated carbocycles. The molecule has 0 bridgehead atoms. The Morgan fingerprint density at radius 3 is 2.65 bits per heavy atom. The van der Waals surface area contributed by atoms with Crippen molar-refractivity contribution in [2.24, 2.45) is 0 Å². The van der Waals surface area contributed by atoms with Crippen LogP contribution < -0.4 is 9.47 Å². The second kappa shape index (κ2) is 7.70. The number of aromatic nitrogens is 1. The van der Waals surface area contributed by atoms with Crippen molar-refractivity contribution in [1.29, 1.82) is 0 Å². The number of hydrogen-bond acceptors (Lipinski definition) is 4.